The van der Waals surface area contributed by atoms with E-state index < -0.39 is 0 Å². The third-order valence-corrected chi connectivity index (χ3v) is 4.52. The van der Waals surface area contributed by atoms with Gasteiger partial charge in [0.05, 0.1) is 6.04 Å². The molecule has 0 radical (unpaired) electrons. The maximum Gasteiger partial charge on any atom is 0.132 e. The van der Waals surface area contributed by atoms with Crippen molar-refractivity contribution in [1.82, 2.24) is 9.88 Å². The molecule has 0 saturated carbocycles. The summed E-state index contributed by atoms with van der Waals surface area (Å²) in [4.78, 5) is 9.60. The van der Waals surface area contributed by atoms with Crippen LogP contribution in [0.25, 0.3) is 0 Å². The van der Waals surface area contributed by atoms with Crippen molar-refractivity contribution in [2.24, 2.45) is 0 Å². The number of rotatable bonds is 0. The lowest BCUT2D eigenvalue weighted by Gasteiger charge is -2.41. The van der Waals surface area contributed by atoms with Crippen molar-refractivity contribution in [3.8, 4) is 0 Å². The maximum atomic E-state index is 4.68. The quantitative estimate of drug-likeness (QED) is 0.722. The van der Waals surface area contributed by atoms with Crippen LogP contribution in [0.15, 0.2) is 42.6 Å². The molecule has 5 nitrogen and oxygen atoms in total. The molecule has 4 rings (SSSR count). The Morgan fingerprint density at radius 2 is 1.77 bits per heavy atom. The van der Waals surface area contributed by atoms with Gasteiger partial charge < -0.3 is 20.8 Å². The first-order valence-corrected chi connectivity index (χ1v) is 7.30. The number of nitrogens with zero attached hydrogens (tertiary/aromatic N) is 3. The number of aromatic nitrogens is 1. The molecule has 2 aromatic rings. The molecule has 1 aromatic carbocycles. The SMILES string of the molecule is CN1CCN2c3ncccc3Cc3ccccc3C2C1.O.O. The van der Waals surface area contributed by atoms with E-state index in [1.54, 1.807) is 0 Å². The van der Waals surface area contributed by atoms with Crippen molar-refractivity contribution in [1.29, 1.82) is 0 Å². The predicted octanol–water partition coefficient (Wildman–Crippen LogP) is 0.829. The first-order chi connectivity index (χ1) is 9.83. The molecule has 1 saturated heterocycles. The van der Waals surface area contributed by atoms with Crippen molar-refractivity contribution < 1.29 is 11.0 Å². The van der Waals surface area contributed by atoms with Gasteiger partial charge in [0.2, 0.25) is 0 Å². The van der Waals surface area contributed by atoms with Crippen LogP contribution in [0.4, 0.5) is 5.82 Å². The van der Waals surface area contributed by atoms with Crippen molar-refractivity contribution in [3.05, 3.63) is 59.3 Å². The molecule has 4 N–H and O–H groups in total. The zero-order chi connectivity index (χ0) is 13.5. The van der Waals surface area contributed by atoms with Crippen LogP contribution in [-0.2, 0) is 6.42 Å². The normalized spacial score (nSPS) is 19.7. The Bertz CT molecular complexity index is 647. The van der Waals surface area contributed by atoms with Gasteiger partial charge in [-0.3, -0.25) is 0 Å². The number of hydrogen-bond donors (Lipinski definition) is 0. The molecular formula is C17H23N3O2. The summed E-state index contributed by atoms with van der Waals surface area (Å²) in [6.45, 7) is 3.24. The molecule has 0 amide bonds. The Balaban J connectivity index is 0.000000882. The summed E-state index contributed by atoms with van der Waals surface area (Å²) < 4.78 is 0. The van der Waals surface area contributed by atoms with Crippen LogP contribution in [0.5, 0.6) is 0 Å². The molecule has 0 aliphatic carbocycles. The monoisotopic (exact) mass is 301 g/mol. The molecule has 1 aromatic heterocycles. The number of pyridine rings is 1. The number of likely N-dealkylation sites (N-methyl/N-ethyl adjacent to an activating group) is 1. The lowest BCUT2D eigenvalue weighted by atomic mass is 9.96. The highest BCUT2D eigenvalue weighted by Crippen LogP contribution is 2.37. The smallest absolute Gasteiger partial charge is 0.132 e. The number of hydrogen-bond acceptors (Lipinski definition) is 3. The van der Waals surface area contributed by atoms with Crippen LogP contribution in [0.3, 0.4) is 0 Å². The van der Waals surface area contributed by atoms with E-state index in [0.29, 0.717) is 6.04 Å². The molecule has 22 heavy (non-hydrogen) atoms. The first-order valence-electron chi connectivity index (χ1n) is 7.30. The van der Waals surface area contributed by atoms with E-state index in [9.17, 15) is 0 Å². The van der Waals surface area contributed by atoms with Gasteiger partial charge in [0.15, 0.2) is 0 Å². The third-order valence-electron chi connectivity index (χ3n) is 4.52. The Morgan fingerprint density at radius 3 is 2.64 bits per heavy atom. The minimum Gasteiger partial charge on any atom is -0.412 e. The zero-order valence-electron chi connectivity index (χ0n) is 12.8. The number of benzene rings is 1. The lowest BCUT2D eigenvalue weighted by Crippen LogP contribution is -2.47. The highest BCUT2D eigenvalue weighted by atomic mass is 16.0. The van der Waals surface area contributed by atoms with Crippen LogP contribution >= 0.6 is 0 Å². The van der Waals surface area contributed by atoms with E-state index in [4.69, 9.17) is 0 Å². The van der Waals surface area contributed by atoms with Crippen molar-refractivity contribution in [2.45, 2.75) is 12.5 Å². The van der Waals surface area contributed by atoms with E-state index in [-0.39, 0.29) is 11.0 Å². The van der Waals surface area contributed by atoms with E-state index in [1.807, 2.05) is 6.20 Å². The highest BCUT2D eigenvalue weighted by Gasteiger charge is 2.32. The van der Waals surface area contributed by atoms with Crippen LogP contribution in [0.1, 0.15) is 22.7 Å². The van der Waals surface area contributed by atoms with E-state index in [0.717, 1.165) is 26.1 Å². The number of piperazine rings is 1. The Hall–Kier alpha value is -1.95. The van der Waals surface area contributed by atoms with E-state index in [2.05, 4.69) is 58.2 Å². The maximum absolute atomic E-state index is 4.68. The molecule has 5 heteroatoms. The van der Waals surface area contributed by atoms with Crippen LogP contribution in [-0.4, -0.2) is 47.5 Å². The Kier molecular flexibility index (Phi) is 4.81. The fraction of sp³-hybridized carbons (Fsp3) is 0.353. The van der Waals surface area contributed by atoms with Gasteiger partial charge in [0.1, 0.15) is 5.82 Å². The van der Waals surface area contributed by atoms with Crippen molar-refractivity contribution in [2.75, 3.05) is 31.6 Å². The second-order valence-electron chi connectivity index (χ2n) is 5.83. The van der Waals surface area contributed by atoms with Crippen LogP contribution < -0.4 is 4.90 Å². The van der Waals surface area contributed by atoms with E-state index >= 15 is 0 Å². The summed E-state index contributed by atoms with van der Waals surface area (Å²) in [5.41, 5.74) is 4.27. The molecule has 1 fully saturated rings. The Labute approximate surface area is 130 Å². The van der Waals surface area contributed by atoms with E-state index in [1.165, 1.54) is 22.5 Å². The lowest BCUT2D eigenvalue weighted by molar-refractivity contribution is 0.268. The van der Waals surface area contributed by atoms with Gasteiger partial charge in [-0.15, -0.1) is 0 Å². The fourth-order valence-corrected chi connectivity index (χ4v) is 3.49. The van der Waals surface area contributed by atoms with Gasteiger partial charge in [0, 0.05) is 32.3 Å². The largest absolute Gasteiger partial charge is 0.412 e. The van der Waals surface area contributed by atoms with Gasteiger partial charge in [-0.1, -0.05) is 30.3 Å². The summed E-state index contributed by atoms with van der Waals surface area (Å²) in [5.74, 6) is 1.18. The van der Waals surface area contributed by atoms with Gasteiger partial charge in [-0.25, -0.2) is 4.98 Å². The fourth-order valence-electron chi connectivity index (χ4n) is 3.49. The summed E-state index contributed by atoms with van der Waals surface area (Å²) >= 11 is 0. The van der Waals surface area contributed by atoms with Gasteiger partial charge in [-0.2, -0.15) is 0 Å². The zero-order valence-corrected chi connectivity index (χ0v) is 12.8. The van der Waals surface area contributed by atoms with Gasteiger partial charge in [-0.05, 0) is 29.8 Å². The summed E-state index contributed by atoms with van der Waals surface area (Å²) in [6.07, 6.45) is 2.92. The summed E-state index contributed by atoms with van der Waals surface area (Å²) in [7, 11) is 2.21. The first kappa shape index (κ1) is 16.4. The topological polar surface area (TPSA) is 82.4 Å². The molecule has 1 unspecified atom stereocenters. The average molecular weight is 301 g/mol. The molecule has 0 bridgehead atoms. The minimum atomic E-state index is 0. The van der Waals surface area contributed by atoms with Gasteiger partial charge in [0.25, 0.3) is 0 Å². The number of anilines is 1. The molecular weight excluding hydrogens is 278 g/mol. The molecule has 2 aliphatic heterocycles. The standard InChI is InChI=1S/C17H19N3.2H2O/c1-19-9-10-20-16(12-19)15-7-3-2-5-13(15)11-14-6-4-8-18-17(14)20;;/h2-8,16H,9-12H2,1H3;2*1H2. The molecule has 0 spiro atoms. The second-order valence-corrected chi connectivity index (χ2v) is 5.83. The second kappa shape index (κ2) is 6.44. The molecule has 1 atom stereocenters. The summed E-state index contributed by atoms with van der Waals surface area (Å²) in [5, 5.41) is 0. The third kappa shape index (κ3) is 2.59. The minimum absolute atomic E-state index is 0. The molecule has 3 heterocycles. The Morgan fingerprint density at radius 1 is 1.00 bits per heavy atom. The molecule has 118 valence electrons. The van der Waals surface area contributed by atoms with Crippen molar-refractivity contribution >= 4 is 5.82 Å². The van der Waals surface area contributed by atoms with Crippen LogP contribution in [0, 0.1) is 0 Å². The predicted molar refractivity (Wildman–Crippen MR) is 88.3 cm³/mol. The van der Waals surface area contributed by atoms with Gasteiger partial charge >= 0.3 is 0 Å². The average Bonchev–Trinajstić information content (AvgIpc) is 2.61. The molecule has 2 aliphatic rings. The van der Waals surface area contributed by atoms with Crippen molar-refractivity contribution in [3.63, 3.8) is 0 Å². The number of fused-ring (bicyclic) bond motifs is 5. The summed E-state index contributed by atoms with van der Waals surface area (Å²) in [6, 6.07) is 13.6. The highest BCUT2D eigenvalue weighted by molar-refractivity contribution is 5.56. The van der Waals surface area contributed by atoms with Crippen LogP contribution in [0.2, 0.25) is 0 Å².